The van der Waals surface area contributed by atoms with Gasteiger partial charge in [0, 0.05) is 7.05 Å². The molecule has 0 radical (unpaired) electrons. The third-order valence-electron chi connectivity index (χ3n) is 3.29. The Hall–Kier alpha value is -1.52. The Labute approximate surface area is 134 Å². The Bertz CT molecular complexity index is 342. The van der Waals surface area contributed by atoms with E-state index in [0.29, 0.717) is 13.0 Å². The van der Waals surface area contributed by atoms with E-state index in [2.05, 4.69) is 13.5 Å². The Morgan fingerprint density at radius 3 is 2.41 bits per heavy atom. The van der Waals surface area contributed by atoms with Gasteiger partial charge in [0.15, 0.2) is 0 Å². The van der Waals surface area contributed by atoms with Crippen LogP contribution in [-0.2, 0) is 14.3 Å². The first-order chi connectivity index (χ1) is 10.4. The highest BCUT2D eigenvalue weighted by molar-refractivity contribution is 5.81. The van der Waals surface area contributed by atoms with E-state index in [1.165, 1.54) is 11.0 Å². The van der Waals surface area contributed by atoms with Gasteiger partial charge in [-0.1, -0.05) is 52.7 Å². The molecule has 0 rings (SSSR count). The molecule has 5 nitrogen and oxygen atoms in total. The summed E-state index contributed by atoms with van der Waals surface area (Å²) >= 11 is 0. The van der Waals surface area contributed by atoms with Gasteiger partial charge < -0.3 is 9.47 Å². The molecule has 0 aliphatic heterocycles. The average molecular weight is 313 g/mol. The Morgan fingerprint density at radius 1 is 1.18 bits per heavy atom. The van der Waals surface area contributed by atoms with Crippen molar-refractivity contribution in [1.29, 1.82) is 0 Å². The zero-order chi connectivity index (χ0) is 17.0. The molecule has 1 amide bonds. The summed E-state index contributed by atoms with van der Waals surface area (Å²) in [6, 6.07) is -0.608. The van der Waals surface area contributed by atoms with Crippen molar-refractivity contribution in [3.8, 4) is 0 Å². The van der Waals surface area contributed by atoms with Crippen molar-refractivity contribution < 1.29 is 19.1 Å². The van der Waals surface area contributed by atoms with Crippen LogP contribution in [0.25, 0.3) is 0 Å². The second-order valence-electron chi connectivity index (χ2n) is 5.85. The van der Waals surface area contributed by atoms with E-state index in [9.17, 15) is 9.59 Å². The van der Waals surface area contributed by atoms with Crippen molar-refractivity contribution in [3.05, 3.63) is 12.7 Å². The highest BCUT2D eigenvalue weighted by Crippen LogP contribution is 2.14. The lowest BCUT2D eigenvalue weighted by Crippen LogP contribution is -2.44. The number of rotatable bonds is 11. The molecule has 0 aromatic rings. The maximum Gasteiger partial charge on any atom is 0.410 e. The van der Waals surface area contributed by atoms with Crippen molar-refractivity contribution in [1.82, 2.24) is 4.90 Å². The Balaban J connectivity index is 4.50. The van der Waals surface area contributed by atoms with Gasteiger partial charge in [-0.05, 0) is 18.8 Å². The van der Waals surface area contributed by atoms with E-state index < -0.39 is 12.1 Å². The van der Waals surface area contributed by atoms with Crippen molar-refractivity contribution in [2.75, 3.05) is 20.3 Å². The Morgan fingerprint density at radius 2 is 1.86 bits per heavy atom. The third kappa shape index (κ3) is 8.70. The van der Waals surface area contributed by atoms with Crippen LogP contribution in [0.5, 0.6) is 0 Å². The van der Waals surface area contributed by atoms with Gasteiger partial charge in [-0.3, -0.25) is 4.90 Å². The van der Waals surface area contributed by atoms with Crippen LogP contribution in [0.15, 0.2) is 12.7 Å². The molecule has 0 fully saturated rings. The second kappa shape index (κ2) is 12.1. The van der Waals surface area contributed by atoms with E-state index in [4.69, 9.17) is 9.47 Å². The molecular formula is C17H31NO4. The number of unbranched alkanes of at least 4 members (excludes halogenated alkanes) is 3. The normalized spacial score (nSPS) is 11.9. The fraction of sp³-hybridized carbons (Fsp3) is 0.765. The number of hydrogen-bond donors (Lipinski definition) is 0. The fourth-order valence-electron chi connectivity index (χ4n) is 2.02. The van der Waals surface area contributed by atoms with Gasteiger partial charge >= 0.3 is 12.1 Å². The molecule has 22 heavy (non-hydrogen) atoms. The summed E-state index contributed by atoms with van der Waals surface area (Å²) in [5.41, 5.74) is 0. The van der Waals surface area contributed by atoms with Crippen LogP contribution in [0.4, 0.5) is 4.79 Å². The topological polar surface area (TPSA) is 55.8 Å². The van der Waals surface area contributed by atoms with Crippen LogP contribution in [0.2, 0.25) is 0 Å². The lowest BCUT2D eigenvalue weighted by molar-refractivity contribution is -0.149. The summed E-state index contributed by atoms with van der Waals surface area (Å²) < 4.78 is 10.3. The van der Waals surface area contributed by atoms with Gasteiger partial charge in [-0.15, -0.1) is 0 Å². The van der Waals surface area contributed by atoms with Crippen molar-refractivity contribution >= 4 is 12.1 Å². The monoisotopic (exact) mass is 313 g/mol. The number of carbonyl (C=O) groups excluding carboxylic acids is 2. The molecule has 0 bridgehead atoms. The van der Waals surface area contributed by atoms with Crippen LogP contribution in [0.3, 0.4) is 0 Å². The summed E-state index contributed by atoms with van der Waals surface area (Å²) in [4.78, 5) is 25.4. The lowest BCUT2D eigenvalue weighted by atomic mass is 10.0. The van der Waals surface area contributed by atoms with Gasteiger partial charge in [0.05, 0.1) is 6.61 Å². The molecule has 0 aliphatic rings. The third-order valence-corrected chi connectivity index (χ3v) is 3.29. The quantitative estimate of drug-likeness (QED) is 0.331. The van der Waals surface area contributed by atoms with Crippen LogP contribution in [0.1, 0.15) is 52.9 Å². The average Bonchev–Trinajstić information content (AvgIpc) is 2.48. The number of amides is 1. The molecule has 0 spiro atoms. The predicted molar refractivity (Wildman–Crippen MR) is 87.7 cm³/mol. The number of ether oxygens (including phenoxy) is 2. The first kappa shape index (κ1) is 20.5. The van der Waals surface area contributed by atoms with E-state index in [-0.39, 0.29) is 18.5 Å². The van der Waals surface area contributed by atoms with Crippen molar-refractivity contribution in [2.24, 2.45) is 5.92 Å². The molecule has 1 atom stereocenters. The highest BCUT2D eigenvalue weighted by Gasteiger charge is 2.29. The number of carbonyl (C=O) groups is 2. The minimum absolute atomic E-state index is 0.129. The first-order valence-corrected chi connectivity index (χ1v) is 8.11. The Kier molecular flexibility index (Phi) is 11.2. The first-order valence-electron chi connectivity index (χ1n) is 8.11. The molecule has 0 aromatic carbocycles. The molecule has 1 unspecified atom stereocenters. The molecule has 128 valence electrons. The van der Waals surface area contributed by atoms with Gasteiger partial charge in [-0.2, -0.15) is 0 Å². The van der Waals surface area contributed by atoms with Crippen LogP contribution >= 0.6 is 0 Å². The molecular weight excluding hydrogens is 282 g/mol. The van der Waals surface area contributed by atoms with E-state index in [1.54, 1.807) is 7.05 Å². The summed E-state index contributed by atoms with van der Waals surface area (Å²) in [5.74, 6) is -0.0875. The molecule has 0 saturated heterocycles. The standard InChI is InChI=1S/C17H31NO4/c1-6-8-9-10-12-21-16(19)15(13-14(3)4)18(5)17(20)22-11-7-2/h7,14-15H,2,6,8-13H2,1,3-5H3. The van der Waals surface area contributed by atoms with Crippen LogP contribution in [0, 0.1) is 5.92 Å². The lowest BCUT2D eigenvalue weighted by Gasteiger charge is -2.27. The summed E-state index contributed by atoms with van der Waals surface area (Å²) in [6.07, 6.45) is 5.70. The van der Waals surface area contributed by atoms with E-state index >= 15 is 0 Å². The van der Waals surface area contributed by atoms with Gasteiger partial charge in [0.1, 0.15) is 12.6 Å². The van der Waals surface area contributed by atoms with Crippen molar-refractivity contribution in [3.63, 3.8) is 0 Å². The van der Waals surface area contributed by atoms with E-state index in [1.807, 2.05) is 13.8 Å². The number of nitrogens with zero attached hydrogens (tertiary/aromatic N) is 1. The molecule has 0 saturated carbocycles. The number of hydrogen-bond acceptors (Lipinski definition) is 4. The zero-order valence-electron chi connectivity index (χ0n) is 14.5. The predicted octanol–water partition coefficient (Wildman–Crippen LogP) is 3.78. The van der Waals surface area contributed by atoms with Gasteiger partial charge in [0.2, 0.25) is 0 Å². The molecule has 5 heteroatoms. The SMILES string of the molecule is C=CCOC(=O)N(C)C(CC(C)C)C(=O)OCCCCCC. The van der Waals surface area contributed by atoms with Gasteiger partial charge in [-0.25, -0.2) is 9.59 Å². The maximum absolute atomic E-state index is 12.2. The highest BCUT2D eigenvalue weighted by atomic mass is 16.6. The van der Waals surface area contributed by atoms with Crippen LogP contribution in [-0.4, -0.2) is 43.3 Å². The zero-order valence-corrected chi connectivity index (χ0v) is 14.5. The molecule has 0 aliphatic carbocycles. The largest absolute Gasteiger partial charge is 0.464 e. The van der Waals surface area contributed by atoms with Crippen molar-refractivity contribution in [2.45, 2.75) is 58.9 Å². The smallest absolute Gasteiger partial charge is 0.410 e. The minimum atomic E-state index is -0.608. The molecule has 0 N–H and O–H groups in total. The minimum Gasteiger partial charge on any atom is -0.464 e. The fourth-order valence-corrected chi connectivity index (χ4v) is 2.02. The molecule has 0 heterocycles. The number of esters is 1. The molecule has 0 aromatic heterocycles. The van der Waals surface area contributed by atoms with Gasteiger partial charge in [0.25, 0.3) is 0 Å². The maximum atomic E-state index is 12.2. The summed E-state index contributed by atoms with van der Waals surface area (Å²) in [7, 11) is 1.57. The van der Waals surface area contributed by atoms with Crippen LogP contribution < -0.4 is 0 Å². The summed E-state index contributed by atoms with van der Waals surface area (Å²) in [5, 5.41) is 0. The second-order valence-corrected chi connectivity index (χ2v) is 5.85. The van der Waals surface area contributed by atoms with E-state index in [0.717, 1.165) is 25.7 Å². The summed E-state index contributed by atoms with van der Waals surface area (Å²) in [6.45, 7) is 10.2. The number of likely N-dealkylation sites (N-methyl/N-ethyl adjacent to an activating group) is 1.